The van der Waals surface area contributed by atoms with Crippen LogP contribution in [0, 0.1) is 0 Å². The minimum Gasteiger partial charge on any atom is -0.488 e. The highest BCUT2D eigenvalue weighted by molar-refractivity contribution is 5.57. The molecule has 76 valence electrons. The summed E-state index contributed by atoms with van der Waals surface area (Å²) in [5.41, 5.74) is 5.65. The van der Waals surface area contributed by atoms with E-state index in [2.05, 4.69) is 16.8 Å². The number of nitrogens with zero attached hydrogens (tertiary/aromatic N) is 2. The van der Waals surface area contributed by atoms with Gasteiger partial charge >= 0.3 is 0 Å². The number of nitrogen functional groups attached to an aromatic ring is 1. The number of nitrogens with two attached hydrogens (primary N) is 1. The van der Waals surface area contributed by atoms with Crippen molar-refractivity contribution < 1.29 is 4.74 Å². The van der Waals surface area contributed by atoms with Crippen LogP contribution in [0.3, 0.4) is 0 Å². The van der Waals surface area contributed by atoms with Crippen LogP contribution in [0.25, 0.3) is 0 Å². The molecule has 0 amide bonds. The van der Waals surface area contributed by atoms with E-state index in [0.29, 0.717) is 5.82 Å². The molecular weight excluding hydrogens is 178 g/mol. The number of hydrogen-bond donors (Lipinski definition) is 1. The van der Waals surface area contributed by atoms with Crippen LogP contribution in [0.15, 0.2) is 12.1 Å². The van der Waals surface area contributed by atoms with E-state index in [1.54, 1.807) is 6.07 Å². The lowest BCUT2D eigenvalue weighted by Gasteiger charge is -2.29. The van der Waals surface area contributed by atoms with Crippen LogP contribution in [0.5, 0.6) is 5.75 Å². The summed E-state index contributed by atoms with van der Waals surface area (Å²) in [5, 5.41) is 0. The highest BCUT2D eigenvalue weighted by atomic mass is 16.5. The first-order valence-corrected chi connectivity index (χ1v) is 4.95. The molecule has 0 saturated heterocycles. The third-order valence-corrected chi connectivity index (χ3v) is 2.27. The highest BCUT2D eigenvalue weighted by Crippen LogP contribution is 2.29. The zero-order valence-electron chi connectivity index (χ0n) is 8.36. The standard InChI is InChI=1S/C10H15N3O/c1-2-5-13-6-7-14-8-3-4-9(11)12-10(8)13/h3-4H,2,5-7H2,1H3,(H2,11,12). The van der Waals surface area contributed by atoms with Gasteiger partial charge < -0.3 is 15.4 Å². The van der Waals surface area contributed by atoms with Crippen LogP contribution in [-0.4, -0.2) is 24.7 Å². The van der Waals surface area contributed by atoms with Crippen LogP contribution in [0.1, 0.15) is 13.3 Å². The molecule has 0 unspecified atom stereocenters. The van der Waals surface area contributed by atoms with Crippen molar-refractivity contribution in [2.45, 2.75) is 13.3 Å². The molecule has 1 aromatic rings. The van der Waals surface area contributed by atoms with E-state index in [1.165, 1.54) is 0 Å². The van der Waals surface area contributed by atoms with Gasteiger partial charge in [0.25, 0.3) is 0 Å². The molecule has 4 nitrogen and oxygen atoms in total. The van der Waals surface area contributed by atoms with E-state index in [4.69, 9.17) is 10.5 Å². The molecule has 0 aromatic carbocycles. The molecule has 0 fully saturated rings. The van der Waals surface area contributed by atoms with Crippen molar-refractivity contribution in [3.63, 3.8) is 0 Å². The molecule has 0 spiro atoms. The summed E-state index contributed by atoms with van der Waals surface area (Å²) < 4.78 is 5.50. The molecule has 4 heteroatoms. The predicted octanol–water partition coefficient (Wildman–Crippen LogP) is 1.27. The fraction of sp³-hybridized carbons (Fsp3) is 0.500. The van der Waals surface area contributed by atoms with E-state index in [0.717, 1.165) is 37.7 Å². The average Bonchev–Trinajstić information content (AvgIpc) is 2.19. The Bertz CT molecular complexity index is 327. The van der Waals surface area contributed by atoms with Gasteiger partial charge in [-0.25, -0.2) is 4.98 Å². The summed E-state index contributed by atoms with van der Waals surface area (Å²) in [4.78, 5) is 6.51. The summed E-state index contributed by atoms with van der Waals surface area (Å²) in [6, 6.07) is 3.66. The molecule has 14 heavy (non-hydrogen) atoms. The molecule has 0 aliphatic carbocycles. The van der Waals surface area contributed by atoms with Gasteiger partial charge in [0.1, 0.15) is 12.4 Å². The summed E-state index contributed by atoms with van der Waals surface area (Å²) in [5.74, 6) is 2.28. The minimum atomic E-state index is 0.551. The monoisotopic (exact) mass is 193 g/mol. The van der Waals surface area contributed by atoms with Gasteiger partial charge in [-0.1, -0.05) is 6.92 Å². The Balaban J connectivity index is 2.32. The maximum Gasteiger partial charge on any atom is 0.173 e. The topological polar surface area (TPSA) is 51.4 Å². The van der Waals surface area contributed by atoms with Gasteiger partial charge in [-0.15, -0.1) is 0 Å². The Hall–Kier alpha value is -1.45. The van der Waals surface area contributed by atoms with Crippen molar-refractivity contribution in [2.24, 2.45) is 0 Å². The summed E-state index contributed by atoms with van der Waals surface area (Å²) >= 11 is 0. The lowest BCUT2D eigenvalue weighted by Crippen LogP contribution is -2.34. The average molecular weight is 193 g/mol. The molecule has 2 heterocycles. The van der Waals surface area contributed by atoms with Crippen molar-refractivity contribution in [1.29, 1.82) is 0 Å². The Morgan fingerprint density at radius 1 is 1.57 bits per heavy atom. The number of aromatic nitrogens is 1. The largest absolute Gasteiger partial charge is 0.488 e. The van der Waals surface area contributed by atoms with Crippen molar-refractivity contribution in [1.82, 2.24) is 4.98 Å². The predicted molar refractivity (Wildman–Crippen MR) is 56.6 cm³/mol. The number of ether oxygens (including phenoxy) is 1. The minimum absolute atomic E-state index is 0.551. The summed E-state index contributed by atoms with van der Waals surface area (Å²) in [7, 11) is 0. The molecule has 0 saturated carbocycles. The van der Waals surface area contributed by atoms with Crippen LogP contribution < -0.4 is 15.4 Å². The molecule has 1 aromatic heterocycles. The SMILES string of the molecule is CCCN1CCOc2ccc(N)nc21. The summed E-state index contributed by atoms with van der Waals surface area (Å²) in [6.07, 6.45) is 1.11. The Morgan fingerprint density at radius 3 is 3.21 bits per heavy atom. The van der Waals surface area contributed by atoms with Gasteiger partial charge in [-0.05, 0) is 18.6 Å². The molecule has 2 rings (SSSR count). The van der Waals surface area contributed by atoms with Crippen molar-refractivity contribution >= 4 is 11.6 Å². The Kier molecular flexibility index (Phi) is 2.43. The smallest absolute Gasteiger partial charge is 0.173 e. The first-order chi connectivity index (χ1) is 6.81. The highest BCUT2D eigenvalue weighted by Gasteiger charge is 2.18. The zero-order chi connectivity index (χ0) is 9.97. The van der Waals surface area contributed by atoms with Gasteiger partial charge in [-0.3, -0.25) is 0 Å². The second kappa shape index (κ2) is 3.74. The Labute approximate surface area is 83.7 Å². The molecule has 2 N–H and O–H groups in total. The van der Waals surface area contributed by atoms with E-state index in [1.807, 2.05) is 6.07 Å². The fourth-order valence-corrected chi connectivity index (χ4v) is 1.65. The fourth-order valence-electron chi connectivity index (χ4n) is 1.65. The number of pyridine rings is 1. The molecule has 1 aliphatic rings. The van der Waals surface area contributed by atoms with E-state index in [-0.39, 0.29) is 0 Å². The van der Waals surface area contributed by atoms with Crippen LogP contribution >= 0.6 is 0 Å². The second-order valence-corrected chi connectivity index (χ2v) is 3.39. The molecule has 0 atom stereocenters. The van der Waals surface area contributed by atoms with Crippen molar-refractivity contribution in [2.75, 3.05) is 30.3 Å². The van der Waals surface area contributed by atoms with Gasteiger partial charge in [0.15, 0.2) is 11.6 Å². The number of rotatable bonds is 2. The maximum atomic E-state index is 5.65. The van der Waals surface area contributed by atoms with Gasteiger partial charge in [0.2, 0.25) is 0 Å². The number of anilines is 2. The molecule has 0 radical (unpaired) electrons. The summed E-state index contributed by atoms with van der Waals surface area (Å²) in [6.45, 7) is 4.80. The van der Waals surface area contributed by atoms with Crippen molar-refractivity contribution in [3.05, 3.63) is 12.1 Å². The second-order valence-electron chi connectivity index (χ2n) is 3.39. The first kappa shape index (κ1) is 9.12. The van der Waals surface area contributed by atoms with Crippen LogP contribution in [-0.2, 0) is 0 Å². The van der Waals surface area contributed by atoms with Gasteiger partial charge in [-0.2, -0.15) is 0 Å². The van der Waals surface area contributed by atoms with Gasteiger partial charge in [0, 0.05) is 6.54 Å². The van der Waals surface area contributed by atoms with Gasteiger partial charge in [0.05, 0.1) is 6.54 Å². The zero-order valence-corrected chi connectivity index (χ0v) is 8.36. The number of hydrogen-bond acceptors (Lipinski definition) is 4. The molecular formula is C10H15N3O. The van der Waals surface area contributed by atoms with Crippen LogP contribution in [0.2, 0.25) is 0 Å². The Morgan fingerprint density at radius 2 is 2.43 bits per heavy atom. The lowest BCUT2D eigenvalue weighted by atomic mass is 10.3. The normalized spacial score (nSPS) is 14.8. The van der Waals surface area contributed by atoms with Crippen LogP contribution in [0.4, 0.5) is 11.6 Å². The third kappa shape index (κ3) is 1.60. The van der Waals surface area contributed by atoms with E-state index < -0.39 is 0 Å². The van der Waals surface area contributed by atoms with E-state index in [9.17, 15) is 0 Å². The molecule has 0 bridgehead atoms. The van der Waals surface area contributed by atoms with E-state index >= 15 is 0 Å². The molecule has 1 aliphatic heterocycles. The quantitative estimate of drug-likeness (QED) is 0.768. The number of fused-ring (bicyclic) bond motifs is 1. The third-order valence-electron chi connectivity index (χ3n) is 2.27. The first-order valence-electron chi connectivity index (χ1n) is 4.95. The lowest BCUT2D eigenvalue weighted by molar-refractivity contribution is 0.305. The maximum absolute atomic E-state index is 5.65. The van der Waals surface area contributed by atoms with Crippen molar-refractivity contribution in [3.8, 4) is 5.75 Å².